The molecule has 0 unspecified atom stereocenters. The van der Waals surface area contributed by atoms with Crippen LogP contribution in [0.15, 0.2) is 42.5 Å². The van der Waals surface area contributed by atoms with Crippen LogP contribution in [0.25, 0.3) is 0 Å². The number of anilines is 3. The lowest BCUT2D eigenvalue weighted by molar-refractivity contribution is 0.817. The van der Waals surface area contributed by atoms with Crippen molar-refractivity contribution in [2.24, 2.45) is 5.73 Å². The first-order valence-corrected chi connectivity index (χ1v) is 7.14. The second-order valence-corrected chi connectivity index (χ2v) is 5.48. The van der Waals surface area contributed by atoms with E-state index in [1.165, 1.54) is 11.4 Å². The molecule has 1 aliphatic rings. The summed E-state index contributed by atoms with van der Waals surface area (Å²) in [4.78, 5) is 4.59. The number of halogens is 1. The van der Waals surface area contributed by atoms with Crippen molar-refractivity contribution >= 4 is 28.7 Å². The van der Waals surface area contributed by atoms with Crippen molar-refractivity contribution in [3.05, 3.63) is 53.1 Å². The normalized spacial score (nSPS) is 14.3. The van der Waals surface area contributed by atoms with Crippen LogP contribution in [0.4, 0.5) is 17.1 Å². The van der Waals surface area contributed by atoms with E-state index >= 15 is 0 Å². The molecule has 4 heteroatoms. The van der Waals surface area contributed by atoms with Crippen molar-refractivity contribution in [3.8, 4) is 0 Å². The average molecular weight is 288 g/mol. The fourth-order valence-corrected chi connectivity index (χ4v) is 2.88. The first-order chi connectivity index (χ1) is 9.70. The number of benzene rings is 2. The highest BCUT2D eigenvalue weighted by Gasteiger charge is 2.22. The van der Waals surface area contributed by atoms with Crippen molar-refractivity contribution in [1.29, 1.82) is 0 Å². The largest absolute Gasteiger partial charge is 0.371 e. The molecule has 0 bridgehead atoms. The first-order valence-electron chi connectivity index (χ1n) is 6.77. The summed E-state index contributed by atoms with van der Waals surface area (Å²) in [6, 6.07) is 14.3. The Morgan fingerprint density at radius 2 is 1.80 bits per heavy atom. The highest BCUT2D eigenvalue weighted by atomic mass is 35.5. The maximum atomic E-state index is 6.17. The van der Waals surface area contributed by atoms with Crippen molar-refractivity contribution in [1.82, 2.24) is 0 Å². The summed E-state index contributed by atoms with van der Waals surface area (Å²) in [6.07, 6.45) is 0. The molecule has 20 heavy (non-hydrogen) atoms. The molecule has 1 heterocycles. The molecule has 3 nitrogen and oxygen atoms in total. The van der Waals surface area contributed by atoms with E-state index in [0.717, 1.165) is 29.4 Å². The van der Waals surface area contributed by atoms with Gasteiger partial charge < -0.3 is 15.5 Å². The molecule has 0 saturated carbocycles. The third-order valence-electron chi connectivity index (χ3n) is 3.80. The van der Waals surface area contributed by atoms with Crippen LogP contribution < -0.4 is 15.5 Å². The molecule has 0 spiro atoms. The zero-order valence-corrected chi connectivity index (χ0v) is 12.3. The molecule has 0 aliphatic carbocycles. The molecule has 0 fully saturated rings. The Morgan fingerprint density at radius 1 is 1.05 bits per heavy atom. The van der Waals surface area contributed by atoms with E-state index in [9.17, 15) is 0 Å². The van der Waals surface area contributed by atoms with Crippen LogP contribution >= 0.6 is 11.6 Å². The maximum absolute atomic E-state index is 6.17. The number of fused-ring (bicyclic) bond motifs is 1. The predicted molar refractivity (Wildman–Crippen MR) is 86.1 cm³/mol. The summed E-state index contributed by atoms with van der Waals surface area (Å²) in [5.41, 5.74) is 10.5. The van der Waals surface area contributed by atoms with Crippen molar-refractivity contribution in [2.75, 3.05) is 29.9 Å². The molecular weight excluding hydrogens is 270 g/mol. The Hall–Kier alpha value is -1.71. The molecular formula is C16H18ClN3. The summed E-state index contributed by atoms with van der Waals surface area (Å²) in [6.45, 7) is 2.43. The minimum Gasteiger partial charge on any atom is -0.371 e. The van der Waals surface area contributed by atoms with Crippen molar-refractivity contribution in [2.45, 2.75) is 6.54 Å². The van der Waals surface area contributed by atoms with Crippen molar-refractivity contribution < 1.29 is 0 Å². The van der Waals surface area contributed by atoms with Crippen LogP contribution in [-0.2, 0) is 6.54 Å². The Bertz CT molecular complexity index is 627. The monoisotopic (exact) mass is 287 g/mol. The maximum Gasteiger partial charge on any atom is 0.0649 e. The topological polar surface area (TPSA) is 32.5 Å². The number of para-hydroxylation sites is 2. The number of nitrogens with two attached hydrogens (primary N) is 1. The average Bonchev–Trinajstić information content (AvgIpc) is 2.48. The third kappa shape index (κ3) is 2.23. The fourth-order valence-electron chi connectivity index (χ4n) is 2.72. The second kappa shape index (κ2) is 5.35. The van der Waals surface area contributed by atoms with Crippen LogP contribution in [0.2, 0.25) is 5.02 Å². The van der Waals surface area contributed by atoms with Gasteiger partial charge in [0.2, 0.25) is 0 Å². The van der Waals surface area contributed by atoms with Crippen LogP contribution in [0.1, 0.15) is 5.56 Å². The summed E-state index contributed by atoms with van der Waals surface area (Å²) >= 11 is 6.17. The first kappa shape index (κ1) is 13.3. The van der Waals surface area contributed by atoms with E-state index < -0.39 is 0 Å². The number of hydrogen-bond donors (Lipinski definition) is 1. The summed E-state index contributed by atoms with van der Waals surface area (Å²) in [5.74, 6) is 0. The molecule has 0 amide bonds. The van der Waals surface area contributed by atoms with Crippen LogP contribution in [0.5, 0.6) is 0 Å². The van der Waals surface area contributed by atoms with Gasteiger partial charge in [0.15, 0.2) is 0 Å². The van der Waals surface area contributed by atoms with Gasteiger partial charge in [-0.1, -0.05) is 29.8 Å². The molecule has 0 saturated heterocycles. The Labute approximate surface area is 124 Å². The second-order valence-electron chi connectivity index (χ2n) is 5.04. The van der Waals surface area contributed by atoms with Gasteiger partial charge >= 0.3 is 0 Å². The van der Waals surface area contributed by atoms with Gasteiger partial charge in [-0.25, -0.2) is 0 Å². The lowest BCUT2D eigenvalue weighted by Gasteiger charge is -2.37. The van der Waals surface area contributed by atoms with Gasteiger partial charge in [0.05, 0.1) is 11.4 Å². The molecule has 1 aliphatic heterocycles. The number of hydrogen-bond acceptors (Lipinski definition) is 3. The van der Waals surface area contributed by atoms with Crippen molar-refractivity contribution in [3.63, 3.8) is 0 Å². The lowest BCUT2D eigenvalue weighted by atomic mass is 10.1. The molecule has 2 aromatic carbocycles. The summed E-state index contributed by atoms with van der Waals surface area (Å²) in [7, 11) is 2.12. The number of nitrogens with zero attached hydrogens (tertiary/aromatic N) is 2. The molecule has 104 valence electrons. The predicted octanol–water partition coefficient (Wildman–Crippen LogP) is 3.39. The minimum absolute atomic E-state index is 0.515. The Balaban J connectivity index is 2.12. The highest BCUT2D eigenvalue weighted by Crippen LogP contribution is 2.38. The molecule has 2 aromatic rings. The molecule has 3 rings (SSSR count). The van der Waals surface area contributed by atoms with Crippen LogP contribution in [0, 0.1) is 0 Å². The van der Waals surface area contributed by atoms with Gasteiger partial charge in [-0.05, 0) is 29.8 Å². The van der Waals surface area contributed by atoms with Gasteiger partial charge in [-0.15, -0.1) is 0 Å². The van der Waals surface area contributed by atoms with E-state index in [0.29, 0.717) is 6.54 Å². The zero-order valence-electron chi connectivity index (χ0n) is 11.5. The molecule has 0 atom stereocenters. The zero-order chi connectivity index (χ0) is 14.1. The highest BCUT2D eigenvalue weighted by molar-refractivity contribution is 6.30. The quantitative estimate of drug-likeness (QED) is 0.919. The molecule has 2 N–H and O–H groups in total. The SMILES string of the molecule is CN1CCN(c2cc(Cl)ccc2CN)c2ccccc21. The fraction of sp³-hybridized carbons (Fsp3) is 0.250. The van der Waals surface area contributed by atoms with E-state index in [1.54, 1.807) is 0 Å². The van der Waals surface area contributed by atoms with Crippen LogP contribution in [0.3, 0.4) is 0 Å². The lowest BCUT2D eigenvalue weighted by Crippen LogP contribution is -2.36. The van der Waals surface area contributed by atoms with E-state index in [4.69, 9.17) is 17.3 Å². The third-order valence-corrected chi connectivity index (χ3v) is 4.04. The molecule has 0 radical (unpaired) electrons. The smallest absolute Gasteiger partial charge is 0.0649 e. The summed E-state index contributed by atoms with van der Waals surface area (Å²) in [5, 5.41) is 0.744. The Kier molecular flexibility index (Phi) is 3.55. The van der Waals surface area contributed by atoms with Crippen LogP contribution in [-0.4, -0.2) is 20.1 Å². The summed E-state index contributed by atoms with van der Waals surface area (Å²) < 4.78 is 0. The van der Waals surface area contributed by atoms with E-state index in [-0.39, 0.29) is 0 Å². The number of likely N-dealkylation sites (N-methyl/N-ethyl adjacent to an activating group) is 1. The Morgan fingerprint density at radius 3 is 2.55 bits per heavy atom. The van der Waals surface area contributed by atoms with E-state index in [2.05, 4.69) is 41.1 Å². The standard InChI is InChI=1S/C16H18ClN3/c1-19-8-9-20(15-5-3-2-4-14(15)19)16-10-13(17)7-6-12(16)11-18/h2-7,10H,8-9,11,18H2,1H3. The van der Waals surface area contributed by atoms with Gasteiger partial charge in [0.1, 0.15) is 0 Å². The van der Waals surface area contributed by atoms with Gasteiger partial charge in [0.25, 0.3) is 0 Å². The van der Waals surface area contributed by atoms with Gasteiger partial charge in [-0.3, -0.25) is 0 Å². The minimum atomic E-state index is 0.515. The van der Waals surface area contributed by atoms with E-state index in [1.807, 2.05) is 18.2 Å². The van der Waals surface area contributed by atoms with Gasteiger partial charge in [-0.2, -0.15) is 0 Å². The molecule has 0 aromatic heterocycles. The number of rotatable bonds is 2. The van der Waals surface area contributed by atoms with Gasteiger partial charge in [0, 0.05) is 37.4 Å².